The second-order valence-electron chi connectivity index (χ2n) is 5.12. The minimum atomic E-state index is -0.167. The molecular formula is C19H15NO2S. The molecule has 23 heavy (non-hydrogen) atoms. The molecule has 0 saturated heterocycles. The van der Waals surface area contributed by atoms with E-state index in [0.717, 1.165) is 11.1 Å². The van der Waals surface area contributed by atoms with E-state index >= 15 is 0 Å². The quantitative estimate of drug-likeness (QED) is 0.697. The van der Waals surface area contributed by atoms with Gasteiger partial charge >= 0.3 is 0 Å². The van der Waals surface area contributed by atoms with Gasteiger partial charge in [0.25, 0.3) is 5.91 Å². The van der Waals surface area contributed by atoms with Gasteiger partial charge in [-0.1, -0.05) is 42.5 Å². The third-order valence-corrected chi connectivity index (χ3v) is 4.40. The number of hydrogen-bond acceptors (Lipinski definition) is 3. The molecule has 114 valence electrons. The van der Waals surface area contributed by atoms with Crippen LogP contribution >= 0.6 is 11.3 Å². The highest BCUT2D eigenvalue weighted by Crippen LogP contribution is 2.29. The number of ketones is 1. The van der Waals surface area contributed by atoms with Crippen LogP contribution in [0, 0.1) is 0 Å². The molecule has 1 heterocycles. The van der Waals surface area contributed by atoms with Gasteiger partial charge in [0.15, 0.2) is 5.78 Å². The lowest BCUT2D eigenvalue weighted by Gasteiger charge is -2.07. The monoisotopic (exact) mass is 321 g/mol. The predicted molar refractivity (Wildman–Crippen MR) is 94.2 cm³/mol. The number of benzene rings is 2. The molecule has 0 radical (unpaired) electrons. The summed E-state index contributed by atoms with van der Waals surface area (Å²) in [4.78, 5) is 24.7. The normalized spacial score (nSPS) is 10.3. The third-order valence-electron chi connectivity index (χ3n) is 3.48. The Hall–Kier alpha value is -2.72. The zero-order valence-corrected chi connectivity index (χ0v) is 13.4. The molecule has 1 aromatic heterocycles. The Bertz CT molecular complexity index is 853. The second kappa shape index (κ2) is 6.58. The Balaban J connectivity index is 1.87. The summed E-state index contributed by atoms with van der Waals surface area (Å²) in [6.07, 6.45) is 0. The van der Waals surface area contributed by atoms with Crippen LogP contribution in [-0.4, -0.2) is 11.7 Å². The van der Waals surface area contributed by atoms with Crippen molar-refractivity contribution in [2.75, 3.05) is 5.32 Å². The number of carbonyl (C=O) groups is 2. The van der Waals surface area contributed by atoms with E-state index in [0.29, 0.717) is 16.1 Å². The van der Waals surface area contributed by atoms with E-state index in [1.165, 1.54) is 18.3 Å². The first-order valence-electron chi connectivity index (χ1n) is 7.20. The van der Waals surface area contributed by atoms with Gasteiger partial charge in [-0.15, -0.1) is 11.3 Å². The maximum Gasteiger partial charge on any atom is 0.266 e. The SMILES string of the molecule is CC(=O)c1cccc(NC(=O)c2sccc2-c2ccccc2)c1. The summed E-state index contributed by atoms with van der Waals surface area (Å²) in [5.74, 6) is -0.193. The van der Waals surface area contributed by atoms with Crippen LogP contribution in [0.1, 0.15) is 27.0 Å². The summed E-state index contributed by atoms with van der Waals surface area (Å²) < 4.78 is 0. The molecule has 3 rings (SSSR count). The zero-order chi connectivity index (χ0) is 16.2. The molecule has 0 fully saturated rings. The number of amides is 1. The Morgan fingerprint density at radius 3 is 2.48 bits per heavy atom. The van der Waals surface area contributed by atoms with Gasteiger partial charge in [-0.3, -0.25) is 9.59 Å². The van der Waals surface area contributed by atoms with Crippen LogP contribution in [0.2, 0.25) is 0 Å². The largest absolute Gasteiger partial charge is 0.321 e. The number of rotatable bonds is 4. The molecule has 3 nitrogen and oxygen atoms in total. The van der Waals surface area contributed by atoms with Crippen molar-refractivity contribution in [3.8, 4) is 11.1 Å². The molecule has 0 saturated carbocycles. The summed E-state index contributed by atoms with van der Waals surface area (Å²) in [7, 11) is 0. The maximum atomic E-state index is 12.6. The van der Waals surface area contributed by atoms with E-state index in [1.807, 2.05) is 41.8 Å². The first kappa shape index (κ1) is 15.2. The number of nitrogens with one attached hydrogen (secondary N) is 1. The maximum absolute atomic E-state index is 12.6. The molecule has 0 aliphatic rings. The molecule has 3 aromatic rings. The number of hydrogen-bond donors (Lipinski definition) is 1. The predicted octanol–water partition coefficient (Wildman–Crippen LogP) is 4.87. The topological polar surface area (TPSA) is 46.2 Å². The zero-order valence-electron chi connectivity index (χ0n) is 12.6. The summed E-state index contributed by atoms with van der Waals surface area (Å²) in [6, 6.07) is 18.7. The lowest BCUT2D eigenvalue weighted by Crippen LogP contribution is -2.11. The van der Waals surface area contributed by atoms with Crippen molar-refractivity contribution in [2.45, 2.75) is 6.92 Å². The number of thiophene rings is 1. The van der Waals surface area contributed by atoms with Gasteiger partial charge in [0.05, 0.1) is 4.88 Å². The fourth-order valence-electron chi connectivity index (χ4n) is 2.33. The first-order valence-corrected chi connectivity index (χ1v) is 8.08. The molecule has 2 aromatic carbocycles. The average Bonchev–Trinajstić information content (AvgIpc) is 3.05. The molecule has 0 atom stereocenters. The molecule has 0 aliphatic heterocycles. The van der Waals surface area contributed by atoms with Gasteiger partial charge in [0, 0.05) is 16.8 Å². The van der Waals surface area contributed by atoms with Crippen LogP contribution in [0.3, 0.4) is 0 Å². The van der Waals surface area contributed by atoms with E-state index in [2.05, 4.69) is 5.32 Å². The second-order valence-corrected chi connectivity index (χ2v) is 6.04. The Morgan fingerprint density at radius 1 is 0.957 bits per heavy atom. The van der Waals surface area contributed by atoms with Crippen LogP contribution < -0.4 is 5.32 Å². The van der Waals surface area contributed by atoms with E-state index in [9.17, 15) is 9.59 Å². The molecule has 0 aliphatic carbocycles. The number of Topliss-reactive ketones (excluding diaryl/α,β-unsaturated/α-hetero) is 1. The molecule has 0 spiro atoms. The molecule has 0 unspecified atom stereocenters. The van der Waals surface area contributed by atoms with E-state index in [4.69, 9.17) is 0 Å². The van der Waals surface area contributed by atoms with Gasteiger partial charge in [0.1, 0.15) is 0 Å². The minimum absolute atomic E-state index is 0.0257. The average molecular weight is 321 g/mol. The summed E-state index contributed by atoms with van der Waals surface area (Å²) in [5.41, 5.74) is 3.12. The van der Waals surface area contributed by atoms with Crippen molar-refractivity contribution in [3.63, 3.8) is 0 Å². The highest BCUT2D eigenvalue weighted by Gasteiger charge is 2.15. The summed E-state index contributed by atoms with van der Waals surface area (Å²) in [6.45, 7) is 1.51. The lowest BCUT2D eigenvalue weighted by molar-refractivity contribution is 0.101. The van der Waals surface area contributed by atoms with Crippen molar-refractivity contribution in [1.82, 2.24) is 0 Å². The minimum Gasteiger partial charge on any atom is -0.321 e. The summed E-state index contributed by atoms with van der Waals surface area (Å²) in [5, 5.41) is 4.77. The van der Waals surface area contributed by atoms with E-state index in [1.54, 1.807) is 24.3 Å². The molecule has 0 bridgehead atoms. The van der Waals surface area contributed by atoms with Gasteiger partial charge in [-0.25, -0.2) is 0 Å². The standard InChI is InChI=1S/C19H15NO2S/c1-13(21)15-8-5-9-16(12-15)20-19(22)18-17(10-11-23-18)14-6-3-2-4-7-14/h2-12H,1H3,(H,20,22). The molecule has 4 heteroatoms. The summed E-state index contributed by atoms with van der Waals surface area (Å²) >= 11 is 1.40. The van der Waals surface area contributed by atoms with Crippen molar-refractivity contribution in [1.29, 1.82) is 0 Å². The number of anilines is 1. The van der Waals surface area contributed by atoms with Crippen molar-refractivity contribution in [2.24, 2.45) is 0 Å². The van der Waals surface area contributed by atoms with E-state index in [-0.39, 0.29) is 11.7 Å². The lowest BCUT2D eigenvalue weighted by atomic mass is 10.1. The van der Waals surface area contributed by atoms with Gasteiger partial charge < -0.3 is 5.32 Å². The highest BCUT2D eigenvalue weighted by molar-refractivity contribution is 7.12. The van der Waals surface area contributed by atoms with Crippen LogP contribution in [0.4, 0.5) is 5.69 Å². The molecule has 1 N–H and O–H groups in total. The molecule has 1 amide bonds. The number of carbonyl (C=O) groups excluding carboxylic acids is 2. The Labute approximate surface area is 138 Å². The highest BCUT2D eigenvalue weighted by atomic mass is 32.1. The van der Waals surface area contributed by atoms with Crippen LogP contribution in [0.25, 0.3) is 11.1 Å². The van der Waals surface area contributed by atoms with Crippen LogP contribution in [0.5, 0.6) is 0 Å². The molecular weight excluding hydrogens is 306 g/mol. The van der Waals surface area contributed by atoms with Gasteiger partial charge in [-0.2, -0.15) is 0 Å². The van der Waals surface area contributed by atoms with Crippen LogP contribution in [-0.2, 0) is 0 Å². The van der Waals surface area contributed by atoms with Crippen molar-refractivity contribution < 1.29 is 9.59 Å². The smallest absolute Gasteiger partial charge is 0.266 e. The Morgan fingerprint density at radius 2 is 1.74 bits per heavy atom. The fraction of sp³-hybridized carbons (Fsp3) is 0.0526. The third kappa shape index (κ3) is 3.38. The fourth-order valence-corrected chi connectivity index (χ4v) is 3.15. The van der Waals surface area contributed by atoms with Crippen molar-refractivity contribution in [3.05, 3.63) is 76.5 Å². The van der Waals surface area contributed by atoms with Gasteiger partial charge in [0.2, 0.25) is 0 Å². The van der Waals surface area contributed by atoms with Crippen LogP contribution in [0.15, 0.2) is 66.0 Å². The Kier molecular flexibility index (Phi) is 4.35. The van der Waals surface area contributed by atoms with E-state index < -0.39 is 0 Å². The van der Waals surface area contributed by atoms with Gasteiger partial charge in [-0.05, 0) is 36.1 Å². The van der Waals surface area contributed by atoms with Crippen molar-refractivity contribution >= 4 is 28.7 Å². The first-order chi connectivity index (χ1) is 11.1.